The average Bonchev–Trinajstić information content (AvgIpc) is 2.50. The molecule has 2 atom stereocenters. The zero-order valence-electron chi connectivity index (χ0n) is 14.9. The highest BCUT2D eigenvalue weighted by Crippen LogP contribution is 2.17. The molecule has 2 unspecified atom stereocenters. The molecule has 3 saturated heterocycles. The van der Waals surface area contributed by atoms with Gasteiger partial charge in [-0.05, 0) is 0 Å². The van der Waals surface area contributed by atoms with Gasteiger partial charge in [0.05, 0.1) is 53.7 Å². The van der Waals surface area contributed by atoms with Gasteiger partial charge in [-0.1, -0.05) is 0 Å². The molecule has 144 valence electrons. The number of morpholine rings is 2. The van der Waals surface area contributed by atoms with Crippen LogP contribution in [0.4, 0.5) is 0 Å². The van der Waals surface area contributed by atoms with Crippen LogP contribution in [0.3, 0.4) is 0 Å². The second-order valence-electron chi connectivity index (χ2n) is 7.63. The first-order valence-electron chi connectivity index (χ1n) is 8.63. The van der Waals surface area contributed by atoms with Crippen molar-refractivity contribution in [3.05, 3.63) is 0 Å². The average molecular weight is 570 g/mol. The van der Waals surface area contributed by atoms with Crippen molar-refractivity contribution in [3.63, 3.8) is 0 Å². The van der Waals surface area contributed by atoms with Crippen LogP contribution in [0, 0.1) is 0 Å². The quantitative estimate of drug-likeness (QED) is 0.249. The number of halogens is 2. The summed E-state index contributed by atoms with van der Waals surface area (Å²) in [4.78, 5) is 0. The SMILES string of the molecule is C[N+]1(CC2COC(C[N+]3(C)CCOCC3)CO2)CCOCC1.[I-].[I-]. The minimum Gasteiger partial charge on any atom is -1.00 e. The molecular weight excluding hydrogens is 538 g/mol. The largest absolute Gasteiger partial charge is 1.00 e. The van der Waals surface area contributed by atoms with Crippen LogP contribution in [-0.2, 0) is 18.9 Å². The fourth-order valence-electron chi connectivity index (χ4n) is 3.71. The molecule has 24 heavy (non-hydrogen) atoms. The van der Waals surface area contributed by atoms with Crippen LogP contribution in [0.5, 0.6) is 0 Å². The van der Waals surface area contributed by atoms with Crippen molar-refractivity contribution < 1.29 is 75.9 Å². The van der Waals surface area contributed by atoms with E-state index in [4.69, 9.17) is 18.9 Å². The molecule has 3 rings (SSSR count). The van der Waals surface area contributed by atoms with E-state index in [0.29, 0.717) is 0 Å². The van der Waals surface area contributed by atoms with Crippen molar-refractivity contribution in [2.45, 2.75) is 12.2 Å². The van der Waals surface area contributed by atoms with Crippen molar-refractivity contribution in [3.8, 4) is 0 Å². The fraction of sp³-hybridized carbons (Fsp3) is 1.00. The lowest BCUT2D eigenvalue weighted by molar-refractivity contribution is -0.922. The number of ether oxygens (including phenoxy) is 4. The van der Waals surface area contributed by atoms with Gasteiger partial charge in [-0.15, -0.1) is 0 Å². The first-order chi connectivity index (χ1) is 10.6. The molecule has 3 fully saturated rings. The lowest BCUT2D eigenvalue weighted by Gasteiger charge is -2.43. The van der Waals surface area contributed by atoms with Crippen LogP contribution < -0.4 is 48.0 Å². The predicted molar refractivity (Wildman–Crippen MR) is 82.7 cm³/mol. The van der Waals surface area contributed by atoms with Gasteiger partial charge in [0.1, 0.15) is 51.5 Å². The topological polar surface area (TPSA) is 36.9 Å². The summed E-state index contributed by atoms with van der Waals surface area (Å²) in [6, 6.07) is 0. The monoisotopic (exact) mass is 570 g/mol. The molecule has 0 N–H and O–H groups in total. The summed E-state index contributed by atoms with van der Waals surface area (Å²) in [6.07, 6.45) is 0.462. The minimum atomic E-state index is 0. The van der Waals surface area contributed by atoms with E-state index in [1.165, 1.54) is 0 Å². The number of likely N-dealkylation sites (N-methyl/N-ethyl adjacent to an activating group) is 2. The maximum atomic E-state index is 6.12. The number of hydrogen-bond donors (Lipinski definition) is 0. The maximum Gasteiger partial charge on any atom is 0.130 e. The summed E-state index contributed by atoms with van der Waals surface area (Å²) in [5.74, 6) is 0. The first kappa shape index (κ1) is 23.3. The molecule has 0 aromatic carbocycles. The normalized spacial score (nSPS) is 32.2. The Bertz CT molecular complexity index is 322. The van der Waals surface area contributed by atoms with Gasteiger partial charge < -0.3 is 75.9 Å². The van der Waals surface area contributed by atoms with Gasteiger partial charge in [0.2, 0.25) is 0 Å². The Morgan fingerprint density at radius 2 is 1.00 bits per heavy atom. The molecular formula is C16H32I2N2O4. The van der Waals surface area contributed by atoms with Crippen molar-refractivity contribution in [1.29, 1.82) is 0 Å². The van der Waals surface area contributed by atoms with E-state index in [9.17, 15) is 0 Å². The molecule has 0 radical (unpaired) electrons. The van der Waals surface area contributed by atoms with Crippen molar-refractivity contribution in [2.24, 2.45) is 0 Å². The van der Waals surface area contributed by atoms with Crippen molar-refractivity contribution in [1.82, 2.24) is 0 Å². The van der Waals surface area contributed by atoms with Gasteiger partial charge in [0.15, 0.2) is 0 Å². The highest BCUT2D eigenvalue weighted by molar-refractivity contribution is 4.69. The molecule has 3 heterocycles. The second kappa shape index (κ2) is 10.5. The summed E-state index contributed by atoms with van der Waals surface area (Å²) in [5.41, 5.74) is 0. The molecule has 0 saturated carbocycles. The third kappa shape index (κ3) is 6.75. The Balaban J connectivity index is 0.00000144. The highest BCUT2D eigenvalue weighted by Gasteiger charge is 2.36. The Kier molecular flexibility index (Phi) is 10.2. The summed E-state index contributed by atoms with van der Waals surface area (Å²) in [5, 5.41) is 0. The van der Waals surface area contributed by atoms with Gasteiger partial charge in [0.25, 0.3) is 0 Å². The zero-order valence-corrected chi connectivity index (χ0v) is 19.2. The Hall–Kier alpha value is 1.22. The second-order valence-corrected chi connectivity index (χ2v) is 7.63. The molecule has 3 aliphatic rings. The molecule has 3 aliphatic heterocycles. The fourth-order valence-corrected chi connectivity index (χ4v) is 3.71. The van der Waals surface area contributed by atoms with Crippen LogP contribution in [0.2, 0.25) is 0 Å². The van der Waals surface area contributed by atoms with Gasteiger partial charge in [0, 0.05) is 0 Å². The molecule has 0 spiro atoms. The van der Waals surface area contributed by atoms with E-state index < -0.39 is 0 Å². The predicted octanol–water partition coefficient (Wildman–Crippen LogP) is -6.27. The Labute approximate surface area is 180 Å². The number of rotatable bonds is 4. The summed E-state index contributed by atoms with van der Waals surface area (Å²) < 4.78 is 25.3. The molecule has 0 amide bonds. The Morgan fingerprint density at radius 1 is 0.667 bits per heavy atom. The third-order valence-electron chi connectivity index (χ3n) is 5.43. The standard InChI is InChI=1S/C16H32N2O4.2HI/c1-17(3-7-19-8-4-17)11-15-13-22-16(14-21-15)12-18(2)5-9-20-10-6-18;;/h15-16H,3-14H2,1-2H3;2*1H/q+2;;/p-2. The summed E-state index contributed by atoms with van der Waals surface area (Å²) in [7, 11) is 4.61. The number of hydrogen-bond acceptors (Lipinski definition) is 4. The van der Waals surface area contributed by atoms with Crippen LogP contribution in [0.25, 0.3) is 0 Å². The summed E-state index contributed by atoms with van der Waals surface area (Å²) in [6.45, 7) is 11.3. The molecule has 0 aromatic heterocycles. The molecule has 6 nitrogen and oxygen atoms in total. The van der Waals surface area contributed by atoms with Crippen molar-refractivity contribution in [2.75, 3.05) is 93.0 Å². The zero-order chi connectivity index (χ0) is 15.5. The highest BCUT2D eigenvalue weighted by atomic mass is 127. The molecule has 0 aliphatic carbocycles. The van der Waals surface area contributed by atoms with Gasteiger partial charge in [-0.2, -0.15) is 0 Å². The van der Waals surface area contributed by atoms with E-state index in [2.05, 4.69) is 14.1 Å². The minimum absolute atomic E-state index is 0. The number of nitrogens with zero attached hydrogens (tertiary/aromatic N) is 2. The lowest BCUT2D eigenvalue weighted by atomic mass is 10.2. The van der Waals surface area contributed by atoms with Crippen LogP contribution in [0.15, 0.2) is 0 Å². The smallest absolute Gasteiger partial charge is 0.130 e. The van der Waals surface area contributed by atoms with E-state index >= 15 is 0 Å². The summed E-state index contributed by atoms with van der Waals surface area (Å²) >= 11 is 0. The van der Waals surface area contributed by atoms with Gasteiger partial charge in [-0.25, -0.2) is 0 Å². The van der Waals surface area contributed by atoms with Gasteiger partial charge >= 0.3 is 0 Å². The van der Waals surface area contributed by atoms with Crippen LogP contribution in [0.1, 0.15) is 0 Å². The maximum absolute atomic E-state index is 6.12. The van der Waals surface area contributed by atoms with E-state index in [0.717, 1.165) is 87.9 Å². The van der Waals surface area contributed by atoms with E-state index in [1.807, 2.05) is 0 Å². The van der Waals surface area contributed by atoms with Crippen LogP contribution in [-0.4, -0.2) is 114 Å². The molecule has 0 bridgehead atoms. The Morgan fingerprint density at radius 3 is 1.29 bits per heavy atom. The van der Waals surface area contributed by atoms with E-state index in [-0.39, 0.29) is 60.2 Å². The first-order valence-corrected chi connectivity index (χ1v) is 8.63. The van der Waals surface area contributed by atoms with Crippen molar-refractivity contribution >= 4 is 0 Å². The molecule has 8 heteroatoms. The van der Waals surface area contributed by atoms with Crippen LogP contribution >= 0.6 is 0 Å². The number of quaternary nitrogens is 2. The molecule has 0 aromatic rings. The lowest BCUT2D eigenvalue weighted by Crippen LogP contribution is -3.00. The third-order valence-corrected chi connectivity index (χ3v) is 5.43. The van der Waals surface area contributed by atoms with Gasteiger partial charge in [-0.3, -0.25) is 0 Å². The van der Waals surface area contributed by atoms with E-state index in [1.54, 1.807) is 0 Å².